The second kappa shape index (κ2) is 7.12. The largest absolute Gasteiger partial charge is 0.480 e. The lowest BCUT2D eigenvalue weighted by molar-refractivity contribution is -0.139. The fraction of sp³-hybridized carbons (Fsp3) is 0.500. The molecule has 6 nitrogen and oxygen atoms in total. The molecule has 126 valence electrons. The number of carboxylic acid groups (broad SMARTS) is 1. The minimum atomic E-state index is -3.35. The van der Waals surface area contributed by atoms with E-state index in [2.05, 4.69) is 5.32 Å². The van der Waals surface area contributed by atoms with Gasteiger partial charge in [0.25, 0.3) is 5.91 Å². The maximum absolute atomic E-state index is 12.5. The third-order valence-corrected chi connectivity index (χ3v) is 6.48. The van der Waals surface area contributed by atoms with Crippen molar-refractivity contribution in [3.05, 3.63) is 29.8 Å². The van der Waals surface area contributed by atoms with E-state index in [0.717, 1.165) is 12.8 Å². The molecule has 2 N–H and O–H groups in total. The van der Waals surface area contributed by atoms with Crippen LogP contribution in [0.15, 0.2) is 29.2 Å². The van der Waals surface area contributed by atoms with E-state index in [1.165, 1.54) is 24.3 Å². The minimum absolute atomic E-state index is 0.214. The van der Waals surface area contributed by atoms with Crippen LogP contribution in [0.4, 0.5) is 0 Å². The van der Waals surface area contributed by atoms with Crippen molar-refractivity contribution in [2.45, 2.75) is 55.2 Å². The fourth-order valence-electron chi connectivity index (χ4n) is 2.77. The molecule has 23 heavy (non-hydrogen) atoms. The Morgan fingerprint density at radius 2 is 1.78 bits per heavy atom. The molecular weight excluding hydrogens is 318 g/mol. The zero-order valence-electron chi connectivity index (χ0n) is 13.0. The molecular formula is C16H21NO5S. The van der Waals surface area contributed by atoms with Crippen LogP contribution in [-0.2, 0) is 14.6 Å². The lowest BCUT2D eigenvalue weighted by Gasteiger charge is -2.13. The van der Waals surface area contributed by atoms with E-state index < -0.39 is 27.8 Å². The third-order valence-electron chi connectivity index (χ3n) is 4.20. The van der Waals surface area contributed by atoms with Crippen molar-refractivity contribution in [1.82, 2.24) is 5.32 Å². The SMILES string of the molecule is CC[C@@H](NC(=O)c1ccc(S(=O)(=O)C2CCCC2)cc1)C(=O)O. The first kappa shape index (κ1) is 17.5. The van der Waals surface area contributed by atoms with Gasteiger partial charge >= 0.3 is 5.97 Å². The van der Waals surface area contributed by atoms with Crippen LogP contribution in [0.3, 0.4) is 0 Å². The Hall–Kier alpha value is -1.89. The first-order chi connectivity index (χ1) is 10.9. The van der Waals surface area contributed by atoms with Gasteiger partial charge in [-0.3, -0.25) is 4.79 Å². The molecule has 2 rings (SSSR count). The molecule has 0 unspecified atom stereocenters. The topological polar surface area (TPSA) is 101 Å². The molecule has 0 aromatic heterocycles. The molecule has 1 aromatic rings. The molecule has 1 aliphatic carbocycles. The highest BCUT2D eigenvalue weighted by Gasteiger charge is 2.30. The van der Waals surface area contributed by atoms with Crippen molar-refractivity contribution in [2.75, 3.05) is 0 Å². The van der Waals surface area contributed by atoms with E-state index in [1.807, 2.05) is 0 Å². The molecule has 0 bridgehead atoms. The van der Waals surface area contributed by atoms with Gasteiger partial charge in [0.05, 0.1) is 10.1 Å². The number of carboxylic acids is 1. The zero-order valence-corrected chi connectivity index (χ0v) is 13.8. The van der Waals surface area contributed by atoms with Gasteiger partial charge in [0.2, 0.25) is 0 Å². The summed E-state index contributed by atoms with van der Waals surface area (Å²) in [5.74, 6) is -1.62. The predicted octanol–water partition coefficient (Wildman–Crippen LogP) is 2.00. The van der Waals surface area contributed by atoms with E-state index in [4.69, 9.17) is 5.11 Å². The summed E-state index contributed by atoms with van der Waals surface area (Å²) in [6, 6.07) is 4.73. The molecule has 1 fully saturated rings. The number of sulfone groups is 1. The summed E-state index contributed by atoms with van der Waals surface area (Å²) < 4.78 is 24.9. The van der Waals surface area contributed by atoms with Gasteiger partial charge in [0.15, 0.2) is 9.84 Å². The summed E-state index contributed by atoms with van der Waals surface area (Å²) in [6.45, 7) is 1.66. The molecule has 1 saturated carbocycles. The van der Waals surface area contributed by atoms with Crippen molar-refractivity contribution < 1.29 is 23.1 Å². The number of aliphatic carboxylic acids is 1. The van der Waals surface area contributed by atoms with Crippen molar-refractivity contribution in [3.63, 3.8) is 0 Å². The maximum atomic E-state index is 12.5. The van der Waals surface area contributed by atoms with E-state index in [1.54, 1.807) is 6.92 Å². The average Bonchev–Trinajstić information content (AvgIpc) is 3.07. The highest BCUT2D eigenvalue weighted by atomic mass is 32.2. The molecule has 0 saturated heterocycles. The summed E-state index contributed by atoms with van der Waals surface area (Å²) in [4.78, 5) is 23.2. The first-order valence-electron chi connectivity index (χ1n) is 7.74. The molecule has 7 heteroatoms. The maximum Gasteiger partial charge on any atom is 0.326 e. The molecule has 0 radical (unpaired) electrons. The number of hydrogen-bond donors (Lipinski definition) is 2. The summed E-state index contributed by atoms with van der Waals surface area (Å²) in [5.41, 5.74) is 0.245. The van der Waals surface area contributed by atoms with Gasteiger partial charge in [-0.05, 0) is 43.5 Å². The number of carbonyl (C=O) groups is 2. The molecule has 0 heterocycles. The van der Waals surface area contributed by atoms with Crippen LogP contribution >= 0.6 is 0 Å². The lowest BCUT2D eigenvalue weighted by Crippen LogP contribution is -2.40. The molecule has 1 aromatic carbocycles. The first-order valence-corrected chi connectivity index (χ1v) is 9.28. The van der Waals surface area contributed by atoms with Crippen LogP contribution in [0.5, 0.6) is 0 Å². The Morgan fingerprint density at radius 1 is 1.22 bits per heavy atom. The number of amides is 1. The number of carbonyl (C=O) groups excluding carboxylic acids is 1. The molecule has 0 aliphatic heterocycles. The summed E-state index contributed by atoms with van der Waals surface area (Å²) >= 11 is 0. The van der Waals surface area contributed by atoms with Crippen molar-refractivity contribution >= 4 is 21.7 Å². The Balaban J connectivity index is 2.13. The van der Waals surface area contributed by atoms with E-state index in [0.29, 0.717) is 12.8 Å². The van der Waals surface area contributed by atoms with Crippen LogP contribution in [0.25, 0.3) is 0 Å². The van der Waals surface area contributed by atoms with Gasteiger partial charge in [-0.25, -0.2) is 13.2 Å². The third kappa shape index (κ3) is 3.90. The monoisotopic (exact) mass is 339 g/mol. The van der Waals surface area contributed by atoms with Crippen LogP contribution in [0, 0.1) is 0 Å². The molecule has 1 aliphatic rings. The van der Waals surface area contributed by atoms with Crippen molar-refractivity contribution in [2.24, 2.45) is 0 Å². The summed E-state index contributed by atoms with van der Waals surface area (Å²) in [7, 11) is -3.35. The van der Waals surface area contributed by atoms with E-state index in [9.17, 15) is 18.0 Å². The molecule has 1 amide bonds. The van der Waals surface area contributed by atoms with Gasteiger partial charge in [0, 0.05) is 5.56 Å². The van der Waals surface area contributed by atoms with Crippen LogP contribution < -0.4 is 5.32 Å². The van der Waals surface area contributed by atoms with Gasteiger partial charge in [-0.2, -0.15) is 0 Å². The number of rotatable bonds is 6. The van der Waals surface area contributed by atoms with Gasteiger partial charge in [-0.15, -0.1) is 0 Å². The van der Waals surface area contributed by atoms with Gasteiger partial charge in [0.1, 0.15) is 6.04 Å². The number of hydrogen-bond acceptors (Lipinski definition) is 4. The fourth-order valence-corrected chi connectivity index (χ4v) is 4.62. The quantitative estimate of drug-likeness (QED) is 0.825. The number of nitrogens with one attached hydrogen (secondary N) is 1. The summed E-state index contributed by atoms with van der Waals surface area (Å²) in [6.07, 6.45) is 3.49. The van der Waals surface area contributed by atoms with Crippen LogP contribution in [0.2, 0.25) is 0 Å². The predicted molar refractivity (Wildman–Crippen MR) is 85.1 cm³/mol. The van der Waals surface area contributed by atoms with Crippen LogP contribution in [-0.4, -0.2) is 36.7 Å². The molecule has 0 spiro atoms. The van der Waals surface area contributed by atoms with Crippen molar-refractivity contribution in [3.8, 4) is 0 Å². The highest BCUT2D eigenvalue weighted by molar-refractivity contribution is 7.92. The second-order valence-electron chi connectivity index (χ2n) is 5.75. The Labute approximate surface area is 135 Å². The van der Waals surface area contributed by atoms with E-state index >= 15 is 0 Å². The van der Waals surface area contributed by atoms with Gasteiger partial charge < -0.3 is 10.4 Å². The Morgan fingerprint density at radius 3 is 2.26 bits per heavy atom. The normalized spacial score (nSPS) is 16.9. The average molecular weight is 339 g/mol. The Kier molecular flexibility index (Phi) is 5.41. The van der Waals surface area contributed by atoms with Crippen LogP contribution in [0.1, 0.15) is 49.4 Å². The minimum Gasteiger partial charge on any atom is -0.480 e. The molecule has 1 atom stereocenters. The number of benzene rings is 1. The highest BCUT2D eigenvalue weighted by Crippen LogP contribution is 2.29. The van der Waals surface area contributed by atoms with Crippen molar-refractivity contribution in [1.29, 1.82) is 0 Å². The van der Waals surface area contributed by atoms with Gasteiger partial charge in [-0.1, -0.05) is 19.8 Å². The lowest BCUT2D eigenvalue weighted by atomic mass is 10.1. The second-order valence-corrected chi connectivity index (χ2v) is 7.98. The smallest absolute Gasteiger partial charge is 0.326 e. The van der Waals surface area contributed by atoms with E-state index in [-0.39, 0.29) is 22.1 Å². The Bertz CT molecular complexity index is 675. The summed E-state index contributed by atoms with van der Waals surface area (Å²) in [5, 5.41) is 11.0. The standard InChI is InChI=1S/C16H21NO5S/c1-2-14(16(19)20)17-15(18)11-7-9-13(10-8-11)23(21,22)12-5-3-4-6-12/h7-10,12,14H,2-6H2,1H3,(H,17,18)(H,19,20)/t14-/m1/s1. The zero-order chi connectivity index (χ0) is 17.0.